The first-order chi connectivity index (χ1) is 7.16. The number of rotatable bonds is 1. The number of aliphatic hydroxyl groups is 1. The SMILES string of the molecule is Cc1cnc([C@H]2CCN(C)C[C@@H]2O)nc1. The van der Waals surface area contributed by atoms with Gasteiger partial charge in [0.15, 0.2) is 0 Å². The van der Waals surface area contributed by atoms with Crippen LogP contribution < -0.4 is 0 Å². The highest BCUT2D eigenvalue weighted by Crippen LogP contribution is 2.24. The van der Waals surface area contributed by atoms with Crippen LogP contribution in [0.15, 0.2) is 12.4 Å². The van der Waals surface area contributed by atoms with Crippen LogP contribution in [0.1, 0.15) is 23.7 Å². The predicted molar refractivity (Wildman–Crippen MR) is 57.6 cm³/mol. The lowest BCUT2D eigenvalue weighted by Crippen LogP contribution is -2.41. The number of β-amino-alcohol motifs (C(OH)–C–C–N with tert-alkyl or cyclic N) is 1. The number of nitrogens with zero attached hydrogens (tertiary/aromatic N) is 3. The van der Waals surface area contributed by atoms with E-state index in [1.165, 1.54) is 0 Å². The molecule has 0 spiro atoms. The minimum atomic E-state index is -0.341. The zero-order valence-corrected chi connectivity index (χ0v) is 9.22. The van der Waals surface area contributed by atoms with Gasteiger partial charge in [0.05, 0.1) is 6.10 Å². The summed E-state index contributed by atoms with van der Waals surface area (Å²) in [7, 11) is 2.02. The van der Waals surface area contributed by atoms with E-state index in [1.54, 1.807) is 0 Å². The largest absolute Gasteiger partial charge is 0.391 e. The Morgan fingerprint density at radius 2 is 2.07 bits per heavy atom. The molecule has 4 heteroatoms. The third kappa shape index (κ3) is 2.33. The molecule has 0 aliphatic carbocycles. The van der Waals surface area contributed by atoms with Crippen LogP contribution in [0.25, 0.3) is 0 Å². The van der Waals surface area contributed by atoms with Crippen LogP contribution in [0.3, 0.4) is 0 Å². The van der Waals surface area contributed by atoms with Crippen LogP contribution in [0.2, 0.25) is 0 Å². The molecule has 2 rings (SSSR count). The van der Waals surface area contributed by atoms with Gasteiger partial charge in [-0.15, -0.1) is 0 Å². The molecule has 0 aromatic carbocycles. The van der Waals surface area contributed by atoms with Crippen molar-refractivity contribution in [1.29, 1.82) is 0 Å². The summed E-state index contributed by atoms with van der Waals surface area (Å²) < 4.78 is 0. The third-order valence-electron chi connectivity index (χ3n) is 2.92. The topological polar surface area (TPSA) is 49.2 Å². The zero-order chi connectivity index (χ0) is 10.8. The molecule has 0 amide bonds. The van der Waals surface area contributed by atoms with Crippen LogP contribution in [0.5, 0.6) is 0 Å². The summed E-state index contributed by atoms with van der Waals surface area (Å²) >= 11 is 0. The highest BCUT2D eigenvalue weighted by molar-refractivity contribution is 5.07. The van der Waals surface area contributed by atoms with Gasteiger partial charge in [0.2, 0.25) is 0 Å². The van der Waals surface area contributed by atoms with Crippen molar-refractivity contribution in [1.82, 2.24) is 14.9 Å². The van der Waals surface area contributed by atoms with E-state index in [0.717, 1.165) is 24.4 Å². The normalized spacial score (nSPS) is 27.9. The molecule has 1 aromatic heterocycles. The molecule has 15 heavy (non-hydrogen) atoms. The molecule has 4 nitrogen and oxygen atoms in total. The van der Waals surface area contributed by atoms with Gasteiger partial charge < -0.3 is 10.0 Å². The Labute approximate surface area is 90.0 Å². The van der Waals surface area contributed by atoms with Gasteiger partial charge in [-0.05, 0) is 32.5 Å². The average molecular weight is 207 g/mol. The standard InChI is InChI=1S/C11H17N3O/c1-8-5-12-11(13-6-8)9-3-4-14(2)7-10(9)15/h5-6,9-10,15H,3-4,7H2,1-2H3/t9-,10-/m0/s1. The fraction of sp³-hybridized carbons (Fsp3) is 0.636. The predicted octanol–water partition coefficient (Wildman–Crippen LogP) is 0.565. The zero-order valence-electron chi connectivity index (χ0n) is 9.22. The minimum absolute atomic E-state index is 0.0989. The third-order valence-corrected chi connectivity index (χ3v) is 2.92. The summed E-state index contributed by atoms with van der Waals surface area (Å²) in [6, 6.07) is 0. The Morgan fingerprint density at radius 1 is 1.40 bits per heavy atom. The van der Waals surface area contributed by atoms with Crippen LogP contribution in [0.4, 0.5) is 0 Å². The number of hydrogen-bond acceptors (Lipinski definition) is 4. The van der Waals surface area contributed by atoms with Crippen molar-refractivity contribution in [3.63, 3.8) is 0 Å². The highest BCUT2D eigenvalue weighted by Gasteiger charge is 2.28. The summed E-state index contributed by atoms with van der Waals surface area (Å²) in [6.07, 6.45) is 4.22. The van der Waals surface area contributed by atoms with Crippen molar-refractivity contribution in [3.8, 4) is 0 Å². The number of likely N-dealkylation sites (N-methyl/N-ethyl adjacent to an activating group) is 1. The molecule has 82 valence electrons. The molecule has 0 saturated carbocycles. The number of hydrogen-bond donors (Lipinski definition) is 1. The molecule has 2 heterocycles. The van der Waals surface area contributed by atoms with Gasteiger partial charge in [-0.3, -0.25) is 0 Å². The Balaban J connectivity index is 2.13. The molecular formula is C11H17N3O. The first kappa shape index (κ1) is 10.5. The molecule has 0 unspecified atom stereocenters. The van der Waals surface area contributed by atoms with Crippen molar-refractivity contribution >= 4 is 0 Å². The van der Waals surface area contributed by atoms with Crippen LogP contribution in [0, 0.1) is 6.92 Å². The van der Waals surface area contributed by atoms with E-state index in [4.69, 9.17) is 0 Å². The van der Waals surface area contributed by atoms with Crippen molar-refractivity contribution in [2.75, 3.05) is 20.1 Å². The number of aryl methyl sites for hydroxylation is 1. The number of aliphatic hydroxyl groups excluding tert-OH is 1. The van der Waals surface area contributed by atoms with E-state index in [9.17, 15) is 5.11 Å². The molecular weight excluding hydrogens is 190 g/mol. The Hall–Kier alpha value is -1.00. The summed E-state index contributed by atoms with van der Waals surface area (Å²) in [5.41, 5.74) is 1.06. The lowest BCUT2D eigenvalue weighted by Gasteiger charge is -2.32. The molecule has 1 aromatic rings. The van der Waals surface area contributed by atoms with E-state index in [0.29, 0.717) is 6.54 Å². The van der Waals surface area contributed by atoms with E-state index < -0.39 is 0 Å². The van der Waals surface area contributed by atoms with Gasteiger partial charge in [0, 0.05) is 24.9 Å². The van der Waals surface area contributed by atoms with Crippen molar-refractivity contribution < 1.29 is 5.11 Å². The number of piperidine rings is 1. The quantitative estimate of drug-likeness (QED) is 0.731. The maximum Gasteiger partial charge on any atom is 0.133 e. The van der Waals surface area contributed by atoms with Gasteiger partial charge >= 0.3 is 0 Å². The Morgan fingerprint density at radius 3 is 2.67 bits per heavy atom. The Kier molecular flexibility index (Phi) is 2.98. The molecule has 0 bridgehead atoms. The smallest absolute Gasteiger partial charge is 0.133 e. The second-order valence-electron chi connectivity index (χ2n) is 4.34. The molecule has 1 N–H and O–H groups in total. The van der Waals surface area contributed by atoms with Crippen molar-refractivity contribution in [3.05, 3.63) is 23.8 Å². The molecule has 1 saturated heterocycles. The molecule has 1 aliphatic rings. The molecule has 1 fully saturated rings. The van der Waals surface area contributed by atoms with E-state index in [2.05, 4.69) is 14.9 Å². The fourth-order valence-corrected chi connectivity index (χ4v) is 1.98. The summed E-state index contributed by atoms with van der Waals surface area (Å²) in [4.78, 5) is 10.7. The van der Waals surface area contributed by atoms with Crippen LogP contribution in [-0.2, 0) is 0 Å². The number of aromatic nitrogens is 2. The van der Waals surface area contributed by atoms with Gasteiger partial charge in [-0.25, -0.2) is 9.97 Å². The summed E-state index contributed by atoms with van der Waals surface area (Å²) in [5.74, 6) is 0.878. The molecule has 1 aliphatic heterocycles. The van der Waals surface area contributed by atoms with Gasteiger partial charge in [-0.1, -0.05) is 0 Å². The maximum atomic E-state index is 9.94. The number of likely N-dealkylation sites (tertiary alicyclic amines) is 1. The fourth-order valence-electron chi connectivity index (χ4n) is 1.98. The average Bonchev–Trinajstić information content (AvgIpc) is 2.20. The van der Waals surface area contributed by atoms with Gasteiger partial charge in [0.25, 0.3) is 0 Å². The second kappa shape index (κ2) is 4.24. The van der Waals surface area contributed by atoms with E-state index in [1.807, 2.05) is 26.4 Å². The first-order valence-electron chi connectivity index (χ1n) is 5.32. The lowest BCUT2D eigenvalue weighted by molar-refractivity contribution is 0.0609. The van der Waals surface area contributed by atoms with Crippen molar-refractivity contribution in [2.45, 2.75) is 25.4 Å². The van der Waals surface area contributed by atoms with Crippen LogP contribution >= 0.6 is 0 Å². The lowest BCUT2D eigenvalue weighted by atomic mass is 9.93. The van der Waals surface area contributed by atoms with E-state index >= 15 is 0 Å². The first-order valence-corrected chi connectivity index (χ1v) is 5.32. The highest BCUT2D eigenvalue weighted by atomic mass is 16.3. The summed E-state index contributed by atoms with van der Waals surface area (Å²) in [6.45, 7) is 3.68. The van der Waals surface area contributed by atoms with E-state index in [-0.39, 0.29) is 12.0 Å². The minimum Gasteiger partial charge on any atom is -0.391 e. The van der Waals surface area contributed by atoms with Gasteiger partial charge in [0.1, 0.15) is 5.82 Å². The van der Waals surface area contributed by atoms with Gasteiger partial charge in [-0.2, -0.15) is 0 Å². The second-order valence-corrected chi connectivity index (χ2v) is 4.34. The van der Waals surface area contributed by atoms with Crippen molar-refractivity contribution in [2.24, 2.45) is 0 Å². The monoisotopic (exact) mass is 207 g/mol. The summed E-state index contributed by atoms with van der Waals surface area (Å²) in [5, 5.41) is 9.94. The maximum absolute atomic E-state index is 9.94. The molecule has 0 radical (unpaired) electrons. The van der Waals surface area contributed by atoms with Crippen LogP contribution in [-0.4, -0.2) is 46.2 Å². The Bertz CT molecular complexity index is 325. The molecule has 2 atom stereocenters.